The Morgan fingerprint density at radius 1 is 0.208 bits per heavy atom. The molecule has 0 saturated heterocycles. The van der Waals surface area contributed by atoms with Gasteiger partial charge < -0.3 is 0 Å². The summed E-state index contributed by atoms with van der Waals surface area (Å²) in [4.78, 5) is 30.2. The van der Waals surface area contributed by atoms with E-state index in [2.05, 4.69) is 196 Å². The maximum Gasteiger partial charge on any atom is 0.162 e. The first-order valence-electron chi connectivity index (χ1n) is 39.2. The van der Waals surface area contributed by atoms with Crippen molar-refractivity contribution in [1.29, 1.82) is 15.8 Å². The lowest BCUT2D eigenvalue weighted by atomic mass is 10.1. The number of nitriles is 3. The molecule has 0 radical (unpaired) electrons. The highest BCUT2D eigenvalue weighted by Gasteiger charge is 2.29. The van der Waals surface area contributed by atoms with Crippen LogP contribution in [0.3, 0.4) is 0 Å². The SMILES string of the molecule is N#Cc1c(-c2ccccc2)nc(-c2ccccc2)nc1-n1c2ccccc2c2c3c(ccc21)sc1ccccc13.N#Cc1c(-c2ccccc2)nc(-c2ccccc2)nc1-n1c2ccccc2c2c3sc4ccccc4c3ccc21.N#Cc1c(-c2ccccc2)nc(-c2ccccc2)nc1-n1c2ccccc2c2cc3sc4ccccc4c3cc21. The molecular weight excluding hydrogens is 1530 g/mol. The summed E-state index contributed by atoms with van der Waals surface area (Å²) in [6.07, 6.45) is 0. The van der Waals surface area contributed by atoms with Crippen molar-refractivity contribution in [3.63, 3.8) is 0 Å². The zero-order chi connectivity index (χ0) is 79.9. The molecule has 120 heavy (non-hydrogen) atoms. The molecule has 15 aromatic carbocycles. The Labute approximate surface area is 698 Å². The number of fused-ring (bicyclic) bond motifs is 20. The lowest BCUT2D eigenvalue weighted by molar-refractivity contribution is 1.04. The highest BCUT2D eigenvalue weighted by atomic mass is 32.1. The molecule has 0 bridgehead atoms. The van der Waals surface area contributed by atoms with Crippen LogP contribution in [-0.4, -0.2) is 43.6 Å². The smallest absolute Gasteiger partial charge is 0.162 e. The zero-order valence-corrected chi connectivity index (χ0v) is 66.2. The van der Waals surface area contributed by atoms with E-state index in [-0.39, 0.29) is 0 Å². The number of para-hydroxylation sites is 3. The number of rotatable bonds is 9. The number of nitrogens with zero attached hydrogens (tertiary/aromatic N) is 12. The summed E-state index contributed by atoms with van der Waals surface area (Å²) in [7, 11) is 0. The van der Waals surface area contributed by atoms with E-state index < -0.39 is 0 Å². The summed E-state index contributed by atoms with van der Waals surface area (Å²) in [5.74, 6) is 3.51. The minimum Gasteiger partial charge on any atom is -0.293 e. The summed E-state index contributed by atoms with van der Waals surface area (Å²) < 4.78 is 14.0. The van der Waals surface area contributed by atoms with Crippen LogP contribution in [0.25, 0.3) is 211 Å². The van der Waals surface area contributed by atoms with Gasteiger partial charge in [0.2, 0.25) is 0 Å². The van der Waals surface area contributed by atoms with Crippen LogP contribution in [0, 0.1) is 34.0 Å². The standard InChI is InChI=1S/3C35H20N4S/c36-21-27-32(22-11-3-1-4-12-22)37-34(23-13-5-2-6-14-23)38-35(27)39-28-17-9-7-16-26(28)31-29(39)20-19-25-24-15-8-10-18-30(24)40-33(25)31;36-21-28-33(22-11-3-1-4-12-22)37-34(23-13-5-2-6-14-23)38-35(28)39-29-17-9-7-15-24(29)26-20-32-27(19-30(26)39)25-16-8-10-18-31(25)40-32;36-21-26-33(22-11-3-1-4-12-22)37-34(23-13-5-2-6-14-23)38-35(26)39-27-17-9-7-15-24(27)31-28(39)19-20-30-32(31)25-16-8-10-18-29(25)40-30/h3*1-20H. The second-order valence-corrected chi connectivity index (χ2v) is 32.4. The summed E-state index contributed by atoms with van der Waals surface area (Å²) in [5.41, 5.74) is 14.7. The molecule has 0 N–H and O–H groups in total. The van der Waals surface area contributed by atoms with Crippen LogP contribution in [0.2, 0.25) is 0 Å². The van der Waals surface area contributed by atoms with Gasteiger partial charge in [-0.2, -0.15) is 15.8 Å². The molecule has 12 nitrogen and oxygen atoms in total. The second-order valence-electron chi connectivity index (χ2n) is 29.2. The second kappa shape index (κ2) is 29.4. The number of hydrogen-bond donors (Lipinski definition) is 0. The van der Waals surface area contributed by atoms with Crippen molar-refractivity contribution in [2.45, 2.75) is 0 Å². The fourth-order valence-electron chi connectivity index (χ4n) is 17.1. The third-order valence-corrected chi connectivity index (χ3v) is 25.9. The normalized spacial score (nSPS) is 11.5. The maximum absolute atomic E-state index is 10.6. The van der Waals surface area contributed by atoms with Crippen LogP contribution < -0.4 is 0 Å². The van der Waals surface area contributed by atoms with E-state index in [1.165, 1.54) is 71.3 Å². The molecule has 0 saturated carbocycles. The van der Waals surface area contributed by atoms with Crippen LogP contribution in [-0.2, 0) is 0 Å². The average molecular weight is 1590 g/mol. The molecule has 24 aromatic rings. The Kier molecular flexibility index (Phi) is 17.3. The number of thiophene rings is 3. The molecule has 0 atom stereocenters. The minimum atomic E-state index is 0.448. The van der Waals surface area contributed by atoms with Crippen molar-refractivity contribution in [2.24, 2.45) is 0 Å². The van der Waals surface area contributed by atoms with Gasteiger partial charge in [0.15, 0.2) is 34.9 Å². The first-order chi connectivity index (χ1) is 59.4. The van der Waals surface area contributed by atoms with Crippen molar-refractivity contribution >= 4 is 160 Å². The molecule has 9 aromatic heterocycles. The largest absolute Gasteiger partial charge is 0.293 e. The van der Waals surface area contributed by atoms with Crippen molar-refractivity contribution < 1.29 is 0 Å². The quantitative estimate of drug-likeness (QED) is 0.137. The van der Waals surface area contributed by atoms with Gasteiger partial charge in [-0.15, -0.1) is 34.0 Å². The van der Waals surface area contributed by atoms with Crippen LogP contribution in [0.4, 0.5) is 0 Å². The first kappa shape index (κ1) is 70.7. The lowest BCUT2D eigenvalue weighted by Gasteiger charge is -2.14. The van der Waals surface area contributed by atoms with Gasteiger partial charge in [-0.1, -0.05) is 297 Å². The summed E-state index contributed by atoms with van der Waals surface area (Å²) in [5, 5.41) is 46.1. The third kappa shape index (κ3) is 11.7. The van der Waals surface area contributed by atoms with Crippen molar-refractivity contribution in [3.8, 4) is 104 Å². The van der Waals surface area contributed by atoms with E-state index >= 15 is 0 Å². The van der Waals surface area contributed by atoms with Crippen molar-refractivity contribution in [1.82, 2.24) is 43.6 Å². The van der Waals surface area contributed by atoms with E-state index in [9.17, 15) is 15.8 Å². The Balaban J connectivity index is 0.000000108. The maximum atomic E-state index is 10.6. The molecule has 0 aliphatic rings. The Bertz CT molecular complexity index is 8230. The number of benzene rings is 15. The van der Waals surface area contributed by atoms with Crippen molar-refractivity contribution in [2.75, 3.05) is 0 Å². The van der Waals surface area contributed by atoms with Gasteiger partial charge in [0.05, 0.1) is 50.2 Å². The van der Waals surface area contributed by atoms with Gasteiger partial charge in [0.1, 0.15) is 34.9 Å². The Morgan fingerprint density at radius 3 is 1.00 bits per heavy atom. The van der Waals surface area contributed by atoms with Gasteiger partial charge in [0, 0.05) is 126 Å². The predicted octanol–water partition coefficient (Wildman–Crippen LogP) is 27.4. The topological polar surface area (TPSA) is 164 Å². The molecule has 0 unspecified atom stereocenters. The summed E-state index contributed by atoms with van der Waals surface area (Å²) in [6, 6.07) is 131. The lowest BCUT2D eigenvalue weighted by Crippen LogP contribution is -2.07. The predicted molar refractivity (Wildman–Crippen MR) is 495 cm³/mol. The van der Waals surface area contributed by atoms with Crippen LogP contribution in [0.5, 0.6) is 0 Å². The number of hydrogen-bond acceptors (Lipinski definition) is 12. The molecule has 9 heterocycles. The molecule has 0 aliphatic heterocycles. The van der Waals surface area contributed by atoms with Gasteiger partial charge in [0.25, 0.3) is 0 Å². The monoisotopic (exact) mass is 1580 g/mol. The molecule has 0 spiro atoms. The summed E-state index contributed by atoms with van der Waals surface area (Å²) in [6.45, 7) is 0. The molecule has 0 amide bonds. The minimum absolute atomic E-state index is 0.448. The number of aromatic nitrogens is 9. The van der Waals surface area contributed by atoms with E-state index in [1.54, 1.807) is 0 Å². The fourth-order valence-corrected chi connectivity index (χ4v) is 20.6. The van der Waals surface area contributed by atoms with Crippen LogP contribution >= 0.6 is 34.0 Å². The van der Waals surface area contributed by atoms with Gasteiger partial charge >= 0.3 is 0 Å². The van der Waals surface area contributed by atoms with Crippen LogP contribution in [0.1, 0.15) is 16.7 Å². The van der Waals surface area contributed by atoms with E-state index in [1.807, 2.05) is 234 Å². The van der Waals surface area contributed by atoms with Gasteiger partial charge in [-0.25, -0.2) is 29.9 Å². The molecule has 0 fully saturated rings. The Morgan fingerprint density at radius 2 is 0.542 bits per heavy atom. The fraction of sp³-hybridized carbons (Fsp3) is 0. The highest BCUT2D eigenvalue weighted by molar-refractivity contribution is 7.27. The Hall–Kier alpha value is -15.9. The third-order valence-electron chi connectivity index (χ3n) is 22.4. The summed E-state index contributed by atoms with van der Waals surface area (Å²) >= 11 is 5.43. The average Bonchev–Trinajstić information content (AvgIpc) is 1.58. The van der Waals surface area contributed by atoms with Gasteiger partial charge in [-0.3, -0.25) is 13.7 Å². The van der Waals surface area contributed by atoms with Crippen molar-refractivity contribution in [3.05, 3.63) is 381 Å². The highest BCUT2D eigenvalue weighted by Crippen LogP contribution is 2.48. The van der Waals surface area contributed by atoms with E-state index in [4.69, 9.17) is 29.9 Å². The van der Waals surface area contributed by atoms with E-state index in [0.29, 0.717) is 68.7 Å². The molecule has 24 rings (SSSR count). The molecule has 15 heteroatoms. The molecule has 558 valence electrons. The zero-order valence-electron chi connectivity index (χ0n) is 63.7. The van der Waals surface area contributed by atoms with Crippen LogP contribution in [0.15, 0.2) is 364 Å². The first-order valence-corrected chi connectivity index (χ1v) is 41.7. The van der Waals surface area contributed by atoms with Gasteiger partial charge in [-0.05, 0) is 66.7 Å². The molecule has 0 aliphatic carbocycles. The molecular formula is C105H60N12S3. The van der Waals surface area contributed by atoms with E-state index in [0.717, 1.165) is 88.0 Å².